The molecule has 1 fully saturated rings. The first-order chi connectivity index (χ1) is 14.9. The molecule has 6 nitrogen and oxygen atoms in total. The van der Waals surface area contributed by atoms with Crippen LogP contribution in [0, 0.1) is 0 Å². The molecule has 1 atom stereocenters. The van der Waals surface area contributed by atoms with Crippen molar-refractivity contribution in [2.24, 2.45) is 0 Å². The predicted molar refractivity (Wildman–Crippen MR) is 119 cm³/mol. The molecule has 2 N–H and O–H groups in total. The van der Waals surface area contributed by atoms with Gasteiger partial charge in [-0.3, -0.25) is 14.5 Å². The van der Waals surface area contributed by atoms with Crippen LogP contribution in [0.1, 0.15) is 27.5 Å². The number of Topliss-reactive ketones (excluding diaryl/α,β-unsaturated/α-hetero) is 1. The number of ketones is 1. The number of carboxylic acids is 1. The lowest BCUT2D eigenvalue weighted by molar-refractivity contribution is -0.132. The van der Waals surface area contributed by atoms with Crippen LogP contribution in [0.4, 0.5) is 5.69 Å². The second-order valence-electron chi connectivity index (χ2n) is 6.91. The Hall–Kier alpha value is -3.71. The highest BCUT2D eigenvalue weighted by atomic mass is 79.9. The Labute approximate surface area is 186 Å². The van der Waals surface area contributed by atoms with E-state index in [1.165, 1.54) is 23.1 Å². The second kappa shape index (κ2) is 8.20. The molecule has 31 heavy (non-hydrogen) atoms. The van der Waals surface area contributed by atoms with Crippen LogP contribution in [-0.2, 0) is 9.59 Å². The van der Waals surface area contributed by atoms with E-state index in [1.807, 2.05) is 0 Å². The van der Waals surface area contributed by atoms with Crippen molar-refractivity contribution >= 4 is 45.0 Å². The van der Waals surface area contributed by atoms with Gasteiger partial charge in [0.1, 0.15) is 5.76 Å². The van der Waals surface area contributed by atoms with Crippen molar-refractivity contribution < 1.29 is 24.6 Å². The van der Waals surface area contributed by atoms with Gasteiger partial charge in [-0.2, -0.15) is 0 Å². The maximum absolute atomic E-state index is 13.1. The van der Waals surface area contributed by atoms with Gasteiger partial charge in [0.15, 0.2) is 0 Å². The van der Waals surface area contributed by atoms with E-state index in [0.717, 1.165) is 0 Å². The van der Waals surface area contributed by atoms with Crippen molar-refractivity contribution in [3.8, 4) is 0 Å². The van der Waals surface area contributed by atoms with Crippen LogP contribution in [-0.4, -0.2) is 27.9 Å². The number of rotatable bonds is 4. The standard InChI is InChI=1S/C24H16BrNO5/c25-18-12-5-4-11-17(18)20-19(21(27)14-7-2-1-3-8-14)22(28)23(29)26(20)16-10-6-9-15(13-16)24(30)31/h1-13,20,27H,(H,30,31)/b21-19+. The number of amides is 1. The number of hydrogen-bond donors (Lipinski definition) is 2. The molecular formula is C24H16BrNO5. The summed E-state index contributed by atoms with van der Waals surface area (Å²) in [6, 6.07) is 20.4. The van der Waals surface area contributed by atoms with Crippen LogP contribution < -0.4 is 4.90 Å². The molecule has 0 aromatic heterocycles. The minimum Gasteiger partial charge on any atom is -0.507 e. The molecule has 1 aliphatic heterocycles. The summed E-state index contributed by atoms with van der Waals surface area (Å²) in [6.45, 7) is 0. The van der Waals surface area contributed by atoms with Crippen molar-refractivity contribution in [3.63, 3.8) is 0 Å². The summed E-state index contributed by atoms with van der Waals surface area (Å²) in [4.78, 5) is 38.8. The molecule has 0 spiro atoms. The molecule has 1 unspecified atom stereocenters. The lowest BCUT2D eigenvalue weighted by Crippen LogP contribution is -2.29. The Morgan fingerprint density at radius 1 is 0.839 bits per heavy atom. The van der Waals surface area contributed by atoms with Gasteiger partial charge in [-0.15, -0.1) is 0 Å². The topological polar surface area (TPSA) is 94.9 Å². The predicted octanol–water partition coefficient (Wildman–Crippen LogP) is 4.77. The molecule has 0 bridgehead atoms. The SMILES string of the molecule is O=C1C(=O)N(c2cccc(C(=O)O)c2)C(c2ccccc2Br)/C1=C(\O)c1ccccc1. The van der Waals surface area contributed by atoms with Crippen molar-refractivity contribution in [2.45, 2.75) is 6.04 Å². The van der Waals surface area contributed by atoms with Gasteiger partial charge in [-0.05, 0) is 29.8 Å². The fourth-order valence-corrected chi connectivity index (χ4v) is 4.13. The molecule has 3 aromatic carbocycles. The first kappa shape index (κ1) is 20.6. The van der Waals surface area contributed by atoms with E-state index < -0.39 is 23.7 Å². The highest BCUT2D eigenvalue weighted by Gasteiger charge is 2.47. The lowest BCUT2D eigenvalue weighted by Gasteiger charge is -2.26. The maximum atomic E-state index is 13.1. The zero-order chi connectivity index (χ0) is 22.1. The van der Waals surface area contributed by atoms with E-state index in [2.05, 4.69) is 15.9 Å². The summed E-state index contributed by atoms with van der Waals surface area (Å²) in [5.74, 6) is -3.14. The number of aliphatic hydroxyl groups excluding tert-OH is 1. The van der Waals surface area contributed by atoms with Gasteiger partial charge >= 0.3 is 5.97 Å². The molecule has 1 saturated heterocycles. The molecule has 1 heterocycles. The third-order valence-electron chi connectivity index (χ3n) is 5.06. The highest BCUT2D eigenvalue weighted by molar-refractivity contribution is 9.10. The molecular weight excluding hydrogens is 462 g/mol. The van der Waals surface area contributed by atoms with Crippen molar-refractivity contribution in [1.82, 2.24) is 0 Å². The van der Waals surface area contributed by atoms with Crippen LogP contribution in [0.25, 0.3) is 5.76 Å². The lowest BCUT2D eigenvalue weighted by atomic mass is 9.95. The van der Waals surface area contributed by atoms with E-state index >= 15 is 0 Å². The van der Waals surface area contributed by atoms with Crippen molar-refractivity contribution in [3.05, 3.63) is 106 Å². The summed E-state index contributed by atoms with van der Waals surface area (Å²) in [5.41, 5.74) is 1.14. The molecule has 154 valence electrons. The average Bonchev–Trinajstić information content (AvgIpc) is 3.04. The van der Waals surface area contributed by atoms with Gasteiger partial charge in [0.05, 0.1) is 17.2 Å². The summed E-state index contributed by atoms with van der Waals surface area (Å²) >= 11 is 3.47. The van der Waals surface area contributed by atoms with E-state index in [-0.39, 0.29) is 22.6 Å². The van der Waals surface area contributed by atoms with Gasteiger partial charge in [-0.1, -0.05) is 70.5 Å². The molecule has 0 saturated carbocycles. The quantitative estimate of drug-likeness (QED) is 0.320. The number of carbonyl (C=O) groups excluding carboxylic acids is 2. The number of carboxylic acid groups (broad SMARTS) is 1. The average molecular weight is 478 g/mol. The van der Waals surface area contributed by atoms with Gasteiger partial charge in [0, 0.05) is 15.7 Å². The number of benzene rings is 3. The normalized spacial score (nSPS) is 17.7. The number of aromatic carboxylic acids is 1. The minimum absolute atomic E-state index is 0.0201. The monoisotopic (exact) mass is 477 g/mol. The number of nitrogens with zero attached hydrogens (tertiary/aromatic N) is 1. The molecule has 4 rings (SSSR count). The molecule has 1 aliphatic rings. The summed E-state index contributed by atoms with van der Waals surface area (Å²) in [5, 5.41) is 20.4. The summed E-state index contributed by atoms with van der Waals surface area (Å²) < 4.78 is 0.639. The van der Waals surface area contributed by atoms with Crippen molar-refractivity contribution in [1.29, 1.82) is 0 Å². The summed E-state index contributed by atoms with van der Waals surface area (Å²) in [7, 11) is 0. The smallest absolute Gasteiger partial charge is 0.335 e. The number of carbonyl (C=O) groups is 3. The molecule has 7 heteroatoms. The number of anilines is 1. The van der Waals surface area contributed by atoms with Crippen LogP contribution in [0.5, 0.6) is 0 Å². The van der Waals surface area contributed by atoms with E-state index in [0.29, 0.717) is 15.6 Å². The first-order valence-corrected chi connectivity index (χ1v) is 10.1. The van der Waals surface area contributed by atoms with Crippen LogP contribution in [0.2, 0.25) is 0 Å². The molecule has 3 aromatic rings. The van der Waals surface area contributed by atoms with Gasteiger partial charge in [-0.25, -0.2) is 4.79 Å². The molecule has 0 radical (unpaired) electrons. The Balaban J connectivity index is 1.98. The van der Waals surface area contributed by atoms with E-state index in [1.54, 1.807) is 60.7 Å². The Bertz CT molecular complexity index is 1240. The Morgan fingerprint density at radius 2 is 1.48 bits per heavy atom. The second-order valence-corrected chi connectivity index (χ2v) is 7.77. The van der Waals surface area contributed by atoms with E-state index in [9.17, 15) is 24.6 Å². The summed E-state index contributed by atoms with van der Waals surface area (Å²) in [6.07, 6.45) is 0. The van der Waals surface area contributed by atoms with E-state index in [4.69, 9.17) is 0 Å². The molecule has 0 aliphatic carbocycles. The van der Waals surface area contributed by atoms with Gasteiger partial charge in [0.25, 0.3) is 11.7 Å². The largest absolute Gasteiger partial charge is 0.507 e. The zero-order valence-electron chi connectivity index (χ0n) is 16.0. The van der Waals surface area contributed by atoms with Crippen LogP contribution in [0.3, 0.4) is 0 Å². The molecule has 1 amide bonds. The van der Waals surface area contributed by atoms with Gasteiger partial charge < -0.3 is 10.2 Å². The van der Waals surface area contributed by atoms with Gasteiger partial charge in [0.2, 0.25) is 0 Å². The van der Waals surface area contributed by atoms with Crippen molar-refractivity contribution in [2.75, 3.05) is 4.90 Å². The number of halogens is 1. The first-order valence-electron chi connectivity index (χ1n) is 9.34. The highest BCUT2D eigenvalue weighted by Crippen LogP contribution is 2.44. The fraction of sp³-hybridized carbons (Fsp3) is 0.0417. The minimum atomic E-state index is -1.15. The number of aliphatic hydroxyl groups is 1. The zero-order valence-corrected chi connectivity index (χ0v) is 17.6. The Morgan fingerprint density at radius 3 is 2.16 bits per heavy atom. The van der Waals surface area contributed by atoms with Crippen LogP contribution >= 0.6 is 15.9 Å². The number of hydrogen-bond acceptors (Lipinski definition) is 4. The third kappa shape index (κ3) is 3.64. The Kier molecular flexibility index (Phi) is 5.44. The van der Waals surface area contributed by atoms with Crippen LogP contribution in [0.15, 0.2) is 88.9 Å². The maximum Gasteiger partial charge on any atom is 0.335 e. The fourth-order valence-electron chi connectivity index (χ4n) is 3.63. The third-order valence-corrected chi connectivity index (χ3v) is 5.78.